The van der Waals surface area contributed by atoms with Crippen molar-refractivity contribution in [2.75, 3.05) is 7.05 Å². The molecule has 2 aromatic carbocycles. The van der Waals surface area contributed by atoms with Gasteiger partial charge < -0.3 is 8.98 Å². The summed E-state index contributed by atoms with van der Waals surface area (Å²) in [6.07, 6.45) is 1.70. The maximum absolute atomic E-state index is 6.17. The molecule has 2 aromatic heterocycles. The van der Waals surface area contributed by atoms with E-state index in [0.29, 0.717) is 5.02 Å². The van der Waals surface area contributed by atoms with Crippen LogP contribution in [-0.4, -0.2) is 21.5 Å². The van der Waals surface area contributed by atoms with Crippen LogP contribution < -0.4 is 0 Å². The first-order valence-corrected chi connectivity index (χ1v) is 8.96. The van der Waals surface area contributed by atoms with Gasteiger partial charge in [-0.3, -0.25) is 4.90 Å². The maximum Gasteiger partial charge on any atom is 0.124 e. The SMILES string of the molecule is CN(Cc1ccco1)Cc1nc2cc(Cl)ccc2n1Cc1ccccc1. The van der Waals surface area contributed by atoms with Crippen molar-refractivity contribution >= 4 is 22.6 Å². The lowest BCUT2D eigenvalue weighted by Crippen LogP contribution is -2.20. The van der Waals surface area contributed by atoms with Gasteiger partial charge in [0, 0.05) is 11.6 Å². The Morgan fingerprint density at radius 3 is 2.65 bits per heavy atom. The summed E-state index contributed by atoms with van der Waals surface area (Å²) in [5, 5.41) is 0.706. The standard InChI is InChI=1S/C21H20ClN3O/c1-24(14-18-8-5-11-26-18)15-21-23-19-12-17(22)9-10-20(19)25(21)13-16-6-3-2-4-7-16/h2-12H,13-15H2,1H3. The lowest BCUT2D eigenvalue weighted by Gasteiger charge is -2.16. The monoisotopic (exact) mass is 365 g/mol. The number of halogens is 1. The van der Waals surface area contributed by atoms with Gasteiger partial charge in [-0.15, -0.1) is 0 Å². The summed E-state index contributed by atoms with van der Waals surface area (Å²) in [6.45, 7) is 2.24. The van der Waals surface area contributed by atoms with Gasteiger partial charge in [-0.2, -0.15) is 0 Å². The van der Waals surface area contributed by atoms with Crippen molar-refractivity contribution in [3.8, 4) is 0 Å². The molecule has 0 N–H and O–H groups in total. The Hall–Kier alpha value is -2.56. The number of aromatic nitrogens is 2. The number of furan rings is 1. The number of imidazole rings is 1. The quantitative estimate of drug-likeness (QED) is 0.484. The van der Waals surface area contributed by atoms with Crippen LogP contribution in [0.1, 0.15) is 17.1 Å². The van der Waals surface area contributed by atoms with Gasteiger partial charge in [0.25, 0.3) is 0 Å². The fourth-order valence-corrected chi connectivity index (χ4v) is 3.35. The molecule has 0 aliphatic rings. The van der Waals surface area contributed by atoms with E-state index in [9.17, 15) is 0 Å². The molecular weight excluding hydrogens is 346 g/mol. The summed E-state index contributed by atoms with van der Waals surface area (Å²) in [6, 6.07) is 20.2. The fourth-order valence-electron chi connectivity index (χ4n) is 3.18. The molecule has 0 aliphatic carbocycles. The Morgan fingerprint density at radius 1 is 1.04 bits per heavy atom. The smallest absolute Gasteiger partial charge is 0.124 e. The first kappa shape index (κ1) is 16.9. The highest BCUT2D eigenvalue weighted by atomic mass is 35.5. The molecule has 2 heterocycles. The van der Waals surface area contributed by atoms with E-state index in [1.54, 1.807) is 6.26 Å². The van der Waals surface area contributed by atoms with Gasteiger partial charge in [0.1, 0.15) is 11.6 Å². The van der Waals surface area contributed by atoms with E-state index in [0.717, 1.165) is 42.3 Å². The Bertz CT molecular complexity index is 993. The lowest BCUT2D eigenvalue weighted by molar-refractivity contribution is 0.278. The van der Waals surface area contributed by atoms with Crippen LogP contribution in [0.15, 0.2) is 71.3 Å². The minimum absolute atomic E-state index is 0.706. The summed E-state index contributed by atoms with van der Waals surface area (Å²) < 4.78 is 7.72. The molecular formula is C21H20ClN3O. The van der Waals surface area contributed by atoms with Crippen LogP contribution in [0.4, 0.5) is 0 Å². The number of fused-ring (bicyclic) bond motifs is 1. The van der Waals surface area contributed by atoms with Crippen molar-refractivity contribution in [3.63, 3.8) is 0 Å². The summed E-state index contributed by atoms with van der Waals surface area (Å²) >= 11 is 6.17. The maximum atomic E-state index is 6.17. The molecule has 4 aromatic rings. The van der Waals surface area contributed by atoms with E-state index in [4.69, 9.17) is 21.0 Å². The second-order valence-corrected chi connectivity index (χ2v) is 6.92. The number of hydrogen-bond donors (Lipinski definition) is 0. The summed E-state index contributed by atoms with van der Waals surface area (Å²) in [5.74, 6) is 1.96. The molecule has 4 nitrogen and oxygen atoms in total. The van der Waals surface area contributed by atoms with Crippen molar-refractivity contribution in [1.29, 1.82) is 0 Å². The zero-order chi connectivity index (χ0) is 17.9. The van der Waals surface area contributed by atoms with E-state index in [2.05, 4.69) is 40.8 Å². The molecule has 0 atom stereocenters. The second-order valence-electron chi connectivity index (χ2n) is 6.48. The molecule has 132 valence electrons. The van der Waals surface area contributed by atoms with Gasteiger partial charge in [0.2, 0.25) is 0 Å². The highest BCUT2D eigenvalue weighted by Gasteiger charge is 2.14. The van der Waals surface area contributed by atoms with Crippen LogP contribution in [0.25, 0.3) is 11.0 Å². The summed E-state index contributed by atoms with van der Waals surface area (Å²) in [7, 11) is 2.07. The summed E-state index contributed by atoms with van der Waals surface area (Å²) in [5.41, 5.74) is 3.27. The van der Waals surface area contributed by atoms with E-state index in [-0.39, 0.29) is 0 Å². The molecule has 0 bridgehead atoms. The summed E-state index contributed by atoms with van der Waals surface area (Å²) in [4.78, 5) is 7.04. The molecule has 0 radical (unpaired) electrons. The Morgan fingerprint density at radius 2 is 1.88 bits per heavy atom. The van der Waals surface area contributed by atoms with Crippen molar-refractivity contribution in [2.45, 2.75) is 19.6 Å². The van der Waals surface area contributed by atoms with Gasteiger partial charge in [0.15, 0.2) is 0 Å². The van der Waals surface area contributed by atoms with Crippen molar-refractivity contribution in [2.24, 2.45) is 0 Å². The second kappa shape index (κ2) is 7.36. The molecule has 26 heavy (non-hydrogen) atoms. The van der Waals surface area contributed by atoms with Crippen LogP contribution in [0.5, 0.6) is 0 Å². The van der Waals surface area contributed by atoms with Crippen LogP contribution in [0, 0.1) is 0 Å². The highest BCUT2D eigenvalue weighted by molar-refractivity contribution is 6.31. The molecule has 0 saturated heterocycles. The third kappa shape index (κ3) is 3.66. The number of rotatable bonds is 6. The first-order valence-electron chi connectivity index (χ1n) is 8.58. The first-order chi connectivity index (χ1) is 12.7. The van der Waals surface area contributed by atoms with E-state index < -0.39 is 0 Å². The van der Waals surface area contributed by atoms with E-state index in [1.165, 1.54) is 5.56 Å². The molecule has 0 amide bonds. The number of benzene rings is 2. The third-order valence-corrected chi connectivity index (χ3v) is 4.63. The third-order valence-electron chi connectivity index (χ3n) is 4.39. The van der Waals surface area contributed by atoms with Crippen LogP contribution >= 0.6 is 11.6 Å². The largest absolute Gasteiger partial charge is 0.468 e. The average Bonchev–Trinajstić information content (AvgIpc) is 3.24. The van der Waals surface area contributed by atoms with Crippen molar-refractivity contribution in [3.05, 3.63) is 89.1 Å². The van der Waals surface area contributed by atoms with Gasteiger partial charge in [0.05, 0.1) is 30.4 Å². The molecule has 5 heteroatoms. The van der Waals surface area contributed by atoms with Crippen molar-refractivity contribution in [1.82, 2.24) is 14.5 Å². The minimum atomic E-state index is 0.706. The topological polar surface area (TPSA) is 34.2 Å². The van der Waals surface area contributed by atoms with Gasteiger partial charge in [-0.25, -0.2) is 4.98 Å². The lowest BCUT2D eigenvalue weighted by atomic mass is 10.2. The Kier molecular flexibility index (Phi) is 4.78. The fraction of sp³-hybridized carbons (Fsp3) is 0.190. The predicted octanol–water partition coefficient (Wildman–Crippen LogP) is 4.96. The van der Waals surface area contributed by atoms with Crippen molar-refractivity contribution < 1.29 is 4.42 Å². The number of hydrogen-bond acceptors (Lipinski definition) is 3. The van der Waals surface area contributed by atoms with Crippen LogP contribution in [0.2, 0.25) is 5.02 Å². The van der Waals surface area contributed by atoms with Gasteiger partial charge >= 0.3 is 0 Å². The Labute approximate surface area is 157 Å². The Balaban J connectivity index is 1.66. The predicted molar refractivity (Wildman–Crippen MR) is 104 cm³/mol. The zero-order valence-electron chi connectivity index (χ0n) is 14.6. The van der Waals surface area contributed by atoms with E-state index >= 15 is 0 Å². The highest BCUT2D eigenvalue weighted by Crippen LogP contribution is 2.23. The molecule has 0 saturated carbocycles. The van der Waals surface area contributed by atoms with Gasteiger partial charge in [-0.1, -0.05) is 41.9 Å². The zero-order valence-corrected chi connectivity index (χ0v) is 15.4. The molecule has 0 aliphatic heterocycles. The normalized spacial score (nSPS) is 11.5. The molecule has 0 spiro atoms. The number of nitrogens with zero attached hydrogens (tertiary/aromatic N) is 3. The van der Waals surface area contributed by atoms with Crippen LogP contribution in [-0.2, 0) is 19.6 Å². The molecule has 0 unspecified atom stereocenters. The minimum Gasteiger partial charge on any atom is -0.468 e. The average molecular weight is 366 g/mol. The molecule has 4 rings (SSSR count). The van der Waals surface area contributed by atoms with Crippen LogP contribution in [0.3, 0.4) is 0 Å². The van der Waals surface area contributed by atoms with Gasteiger partial charge in [-0.05, 0) is 42.9 Å². The molecule has 0 fully saturated rings. The van der Waals surface area contributed by atoms with E-state index in [1.807, 2.05) is 36.4 Å².